The topological polar surface area (TPSA) is 65.8 Å². The summed E-state index contributed by atoms with van der Waals surface area (Å²) >= 11 is 1.38. The van der Waals surface area contributed by atoms with Gasteiger partial charge in [0.2, 0.25) is 5.91 Å². The van der Waals surface area contributed by atoms with E-state index in [1.165, 1.54) is 31.0 Å². The molecule has 4 nitrogen and oxygen atoms in total. The van der Waals surface area contributed by atoms with Crippen LogP contribution in [0.25, 0.3) is 0 Å². The monoisotopic (exact) mass is 331 g/mol. The number of aromatic nitrogens is 1. The maximum Gasteiger partial charge on any atom is 0.233 e. The number of aryl methyl sites for hydroxylation is 2. The number of hydrogen-bond donors (Lipinski definition) is 1. The first kappa shape index (κ1) is 17.8. The first-order valence-electron chi connectivity index (χ1n) is 8.27. The number of hydrogen-bond acceptors (Lipinski definition) is 4. The average Bonchev–Trinajstić information content (AvgIpc) is 2.49. The van der Waals surface area contributed by atoms with Crippen molar-refractivity contribution in [3.8, 4) is 6.07 Å². The van der Waals surface area contributed by atoms with Crippen molar-refractivity contribution in [2.75, 3.05) is 0 Å². The van der Waals surface area contributed by atoms with Crippen LogP contribution in [0.3, 0.4) is 0 Å². The van der Waals surface area contributed by atoms with E-state index in [0.29, 0.717) is 16.5 Å². The van der Waals surface area contributed by atoms with Crippen LogP contribution in [0.5, 0.6) is 0 Å². The van der Waals surface area contributed by atoms with Crippen LogP contribution in [0.15, 0.2) is 11.1 Å². The third kappa shape index (κ3) is 4.48. The summed E-state index contributed by atoms with van der Waals surface area (Å²) in [5, 5.41) is 12.9. The molecule has 1 saturated carbocycles. The molecule has 1 fully saturated rings. The van der Waals surface area contributed by atoms with Crippen LogP contribution >= 0.6 is 11.8 Å². The molecule has 1 aliphatic carbocycles. The van der Waals surface area contributed by atoms with E-state index in [1.54, 1.807) is 0 Å². The maximum absolute atomic E-state index is 12.5. The lowest BCUT2D eigenvalue weighted by Gasteiger charge is -2.30. The zero-order valence-electron chi connectivity index (χ0n) is 14.3. The first-order valence-corrected chi connectivity index (χ1v) is 9.15. The third-order valence-electron chi connectivity index (χ3n) is 4.52. The quantitative estimate of drug-likeness (QED) is 0.853. The smallest absolute Gasteiger partial charge is 0.233 e. The highest BCUT2D eigenvalue weighted by Gasteiger charge is 2.26. The highest BCUT2D eigenvalue weighted by molar-refractivity contribution is 8.00. The summed E-state index contributed by atoms with van der Waals surface area (Å²) < 4.78 is 0. The van der Waals surface area contributed by atoms with E-state index in [4.69, 9.17) is 0 Å². The Morgan fingerprint density at radius 3 is 2.78 bits per heavy atom. The Morgan fingerprint density at radius 2 is 2.13 bits per heavy atom. The van der Waals surface area contributed by atoms with Crippen LogP contribution in [0, 0.1) is 31.1 Å². The van der Waals surface area contributed by atoms with Crippen molar-refractivity contribution in [2.45, 2.75) is 69.7 Å². The van der Waals surface area contributed by atoms with E-state index in [-0.39, 0.29) is 17.2 Å². The number of nitrogens with one attached hydrogen (secondary N) is 1. The Balaban J connectivity index is 2.05. The van der Waals surface area contributed by atoms with Gasteiger partial charge in [0.15, 0.2) is 0 Å². The molecule has 1 aromatic heterocycles. The molecule has 3 atom stereocenters. The summed E-state index contributed by atoms with van der Waals surface area (Å²) in [4.78, 5) is 16.9. The van der Waals surface area contributed by atoms with E-state index in [0.717, 1.165) is 17.7 Å². The minimum Gasteiger partial charge on any atom is -0.352 e. The van der Waals surface area contributed by atoms with Crippen molar-refractivity contribution in [3.05, 3.63) is 22.9 Å². The van der Waals surface area contributed by atoms with Crippen molar-refractivity contribution in [2.24, 2.45) is 5.92 Å². The number of rotatable bonds is 4. The molecule has 1 aliphatic rings. The van der Waals surface area contributed by atoms with Crippen molar-refractivity contribution < 1.29 is 4.79 Å². The molecule has 2 rings (SSSR count). The molecule has 1 heterocycles. The fourth-order valence-electron chi connectivity index (χ4n) is 3.08. The number of carbonyl (C=O) groups is 1. The molecular formula is C18H25N3OS. The summed E-state index contributed by atoms with van der Waals surface area (Å²) in [6.07, 6.45) is 4.70. The Labute approximate surface area is 143 Å². The lowest BCUT2D eigenvalue weighted by Crippen LogP contribution is -2.44. The molecule has 1 N–H and O–H groups in total. The molecule has 0 saturated heterocycles. The highest BCUT2D eigenvalue weighted by atomic mass is 32.2. The van der Waals surface area contributed by atoms with E-state index in [9.17, 15) is 10.1 Å². The van der Waals surface area contributed by atoms with Crippen molar-refractivity contribution in [3.63, 3.8) is 0 Å². The molecule has 1 amide bonds. The number of pyridine rings is 1. The molecule has 5 heteroatoms. The number of thioether (sulfide) groups is 1. The van der Waals surface area contributed by atoms with Crippen LogP contribution in [0.2, 0.25) is 0 Å². The fraction of sp³-hybridized carbons (Fsp3) is 0.611. The molecule has 0 unspecified atom stereocenters. The first-order chi connectivity index (χ1) is 10.9. The minimum absolute atomic E-state index is 0.0404. The zero-order valence-corrected chi connectivity index (χ0v) is 15.2. The van der Waals surface area contributed by atoms with Gasteiger partial charge < -0.3 is 5.32 Å². The van der Waals surface area contributed by atoms with Gasteiger partial charge in [-0.1, -0.05) is 31.5 Å². The van der Waals surface area contributed by atoms with Gasteiger partial charge in [0.1, 0.15) is 11.1 Å². The predicted octanol–water partition coefficient (Wildman–Crippen LogP) is 3.75. The van der Waals surface area contributed by atoms with Gasteiger partial charge in [-0.3, -0.25) is 4.79 Å². The van der Waals surface area contributed by atoms with Crippen LogP contribution in [0.1, 0.15) is 56.4 Å². The summed E-state index contributed by atoms with van der Waals surface area (Å²) in [5.74, 6) is 0.581. The number of nitriles is 1. The molecule has 0 aliphatic heterocycles. The largest absolute Gasteiger partial charge is 0.352 e. The van der Waals surface area contributed by atoms with Gasteiger partial charge in [0.05, 0.1) is 10.8 Å². The normalized spacial score (nSPS) is 22.2. The molecule has 124 valence electrons. The Bertz CT molecular complexity index is 623. The summed E-state index contributed by atoms with van der Waals surface area (Å²) in [7, 11) is 0. The fourth-order valence-corrected chi connectivity index (χ4v) is 4.11. The Kier molecular flexibility index (Phi) is 6.06. The molecule has 1 aromatic rings. The van der Waals surface area contributed by atoms with Crippen molar-refractivity contribution in [1.82, 2.24) is 10.3 Å². The lowest BCUT2D eigenvalue weighted by molar-refractivity contribution is -0.121. The van der Waals surface area contributed by atoms with E-state index in [2.05, 4.69) is 23.3 Å². The molecule has 0 radical (unpaired) electrons. The second-order valence-corrected chi connectivity index (χ2v) is 7.84. The number of nitrogens with zero attached hydrogens (tertiary/aromatic N) is 2. The summed E-state index contributed by atoms with van der Waals surface area (Å²) in [5.41, 5.74) is 2.36. The molecular weight excluding hydrogens is 306 g/mol. The van der Waals surface area contributed by atoms with E-state index >= 15 is 0 Å². The maximum atomic E-state index is 12.5. The zero-order chi connectivity index (χ0) is 17.0. The van der Waals surface area contributed by atoms with Crippen molar-refractivity contribution >= 4 is 17.7 Å². The third-order valence-corrected chi connectivity index (χ3v) is 5.61. The van der Waals surface area contributed by atoms with Gasteiger partial charge >= 0.3 is 0 Å². The molecule has 0 bridgehead atoms. The predicted molar refractivity (Wildman–Crippen MR) is 93.3 cm³/mol. The SMILES string of the molecule is Cc1cc(C)c(C#N)c(S[C@H](C)C(=O)N[C@@H]2CCCC[C@@H]2C)n1. The highest BCUT2D eigenvalue weighted by Crippen LogP contribution is 2.28. The van der Waals surface area contributed by atoms with Gasteiger partial charge in [0, 0.05) is 11.7 Å². The Hall–Kier alpha value is -1.54. The molecule has 0 spiro atoms. The van der Waals surface area contributed by atoms with Crippen molar-refractivity contribution in [1.29, 1.82) is 5.26 Å². The van der Waals surface area contributed by atoms with Gasteiger partial charge in [0.25, 0.3) is 0 Å². The molecule has 23 heavy (non-hydrogen) atoms. The van der Waals surface area contributed by atoms with E-state index in [1.807, 2.05) is 26.8 Å². The average molecular weight is 331 g/mol. The van der Waals surface area contributed by atoms with E-state index < -0.39 is 0 Å². The summed E-state index contributed by atoms with van der Waals surface area (Å²) in [6.45, 7) is 7.91. The van der Waals surface area contributed by atoms with Gasteiger partial charge in [-0.25, -0.2) is 4.98 Å². The lowest BCUT2D eigenvalue weighted by atomic mass is 9.86. The second-order valence-electron chi connectivity index (χ2n) is 6.51. The Morgan fingerprint density at radius 1 is 1.43 bits per heavy atom. The van der Waals surface area contributed by atoms with Crippen LogP contribution in [-0.4, -0.2) is 22.2 Å². The number of carbonyl (C=O) groups excluding carboxylic acids is 1. The van der Waals surface area contributed by atoms with Crippen LogP contribution in [-0.2, 0) is 4.79 Å². The standard InChI is InChI=1S/C18H25N3OS/c1-11-7-5-6-8-16(11)21-17(22)14(4)23-18-15(10-19)12(2)9-13(3)20-18/h9,11,14,16H,5-8H2,1-4H3,(H,21,22)/t11-,14+,16+/m0/s1. The van der Waals surface area contributed by atoms with Gasteiger partial charge in [-0.05, 0) is 51.2 Å². The second kappa shape index (κ2) is 7.83. The van der Waals surface area contributed by atoms with Crippen LogP contribution in [0.4, 0.5) is 0 Å². The summed E-state index contributed by atoms with van der Waals surface area (Å²) in [6, 6.07) is 4.39. The minimum atomic E-state index is -0.259. The number of amides is 1. The van der Waals surface area contributed by atoms with Gasteiger partial charge in [-0.15, -0.1) is 0 Å². The van der Waals surface area contributed by atoms with Crippen LogP contribution < -0.4 is 5.32 Å². The molecule has 0 aromatic carbocycles. The van der Waals surface area contributed by atoms with Gasteiger partial charge in [-0.2, -0.15) is 5.26 Å².